The quantitative estimate of drug-likeness (QED) is 0.747. The minimum Gasteiger partial charge on any atom is -0.390 e. The van der Waals surface area contributed by atoms with Crippen LogP contribution in [0.15, 0.2) is 24.5 Å². The zero-order valence-corrected chi connectivity index (χ0v) is 7.75. The highest BCUT2D eigenvalue weighted by Gasteiger charge is 2.02. The summed E-state index contributed by atoms with van der Waals surface area (Å²) in [5.74, 6) is 0.706. The largest absolute Gasteiger partial charge is 0.390 e. The summed E-state index contributed by atoms with van der Waals surface area (Å²) in [6.45, 7) is 1.88. The van der Waals surface area contributed by atoms with Crippen LogP contribution in [0, 0.1) is 6.92 Å². The van der Waals surface area contributed by atoms with Gasteiger partial charge in [-0.1, -0.05) is 5.21 Å². The van der Waals surface area contributed by atoms with E-state index in [2.05, 4.69) is 15.3 Å². The van der Waals surface area contributed by atoms with E-state index in [1.54, 1.807) is 17.1 Å². The maximum atomic E-state index is 8.82. The molecule has 2 aromatic heterocycles. The van der Waals surface area contributed by atoms with Crippen molar-refractivity contribution < 1.29 is 5.11 Å². The highest BCUT2D eigenvalue weighted by atomic mass is 16.3. The molecule has 2 heterocycles. The molecule has 0 aromatic carbocycles. The van der Waals surface area contributed by atoms with E-state index in [9.17, 15) is 0 Å². The van der Waals surface area contributed by atoms with Gasteiger partial charge in [0.2, 0.25) is 0 Å². The standard InChI is InChI=1S/C9H10N4O/c1-7-2-3-10-9(4-7)13-5-8(6-14)11-12-13/h2-5,14H,6H2,1H3. The molecule has 5 nitrogen and oxygen atoms in total. The Bertz CT molecular complexity index is 438. The minimum atomic E-state index is -0.105. The Balaban J connectivity index is 2.39. The Morgan fingerprint density at radius 3 is 3.00 bits per heavy atom. The fraction of sp³-hybridized carbons (Fsp3) is 0.222. The second-order valence-electron chi connectivity index (χ2n) is 3.00. The van der Waals surface area contributed by atoms with Crippen LogP contribution in [0.5, 0.6) is 0 Å². The number of pyridine rings is 1. The zero-order chi connectivity index (χ0) is 9.97. The van der Waals surface area contributed by atoms with Crippen molar-refractivity contribution in [3.63, 3.8) is 0 Å². The number of hydrogen-bond donors (Lipinski definition) is 1. The molecule has 14 heavy (non-hydrogen) atoms. The molecule has 0 aliphatic rings. The molecule has 0 atom stereocenters. The van der Waals surface area contributed by atoms with Crippen LogP contribution < -0.4 is 0 Å². The first-order valence-corrected chi connectivity index (χ1v) is 4.25. The summed E-state index contributed by atoms with van der Waals surface area (Å²) in [5.41, 5.74) is 1.64. The van der Waals surface area contributed by atoms with Crippen LogP contribution in [0.4, 0.5) is 0 Å². The molecule has 0 aliphatic heterocycles. The van der Waals surface area contributed by atoms with Gasteiger partial charge in [-0.3, -0.25) is 0 Å². The molecular formula is C9H10N4O. The van der Waals surface area contributed by atoms with Gasteiger partial charge < -0.3 is 5.11 Å². The normalized spacial score (nSPS) is 10.4. The minimum absolute atomic E-state index is 0.105. The number of rotatable bonds is 2. The van der Waals surface area contributed by atoms with Crippen molar-refractivity contribution in [1.82, 2.24) is 20.0 Å². The third-order valence-corrected chi connectivity index (χ3v) is 1.84. The Labute approximate surface area is 81.0 Å². The van der Waals surface area contributed by atoms with Gasteiger partial charge in [0.1, 0.15) is 5.69 Å². The predicted octanol–water partition coefficient (Wildman–Crippen LogP) is 0.463. The molecule has 2 aromatic rings. The lowest BCUT2D eigenvalue weighted by Crippen LogP contribution is -1.98. The van der Waals surface area contributed by atoms with Crippen LogP contribution >= 0.6 is 0 Å². The smallest absolute Gasteiger partial charge is 0.155 e. The van der Waals surface area contributed by atoms with Crippen LogP contribution in [0.3, 0.4) is 0 Å². The van der Waals surface area contributed by atoms with Crippen molar-refractivity contribution in [2.24, 2.45) is 0 Å². The number of aliphatic hydroxyl groups excluding tert-OH is 1. The highest BCUT2D eigenvalue weighted by molar-refractivity contribution is 5.25. The van der Waals surface area contributed by atoms with Gasteiger partial charge in [-0.05, 0) is 24.6 Å². The average Bonchev–Trinajstić information content (AvgIpc) is 2.66. The van der Waals surface area contributed by atoms with Crippen molar-refractivity contribution in [3.8, 4) is 5.82 Å². The van der Waals surface area contributed by atoms with Gasteiger partial charge in [-0.25, -0.2) is 9.67 Å². The molecule has 0 unspecified atom stereocenters. The third kappa shape index (κ3) is 1.62. The second kappa shape index (κ2) is 3.55. The first-order chi connectivity index (χ1) is 6.79. The Morgan fingerprint density at radius 1 is 1.50 bits per heavy atom. The molecule has 1 N–H and O–H groups in total. The van der Waals surface area contributed by atoms with Crippen LogP contribution in [-0.2, 0) is 6.61 Å². The molecular weight excluding hydrogens is 180 g/mol. The predicted molar refractivity (Wildman–Crippen MR) is 49.8 cm³/mol. The van der Waals surface area contributed by atoms with E-state index in [0.717, 1.165) is 5.56 Å². The number of nitrogens with zero attached hydrogens (tertiary/aromatic N) is 4. The zero-order valence-electron chi connectivity index (χ0n) is 7.75. The lowest BCUT2D eigenvalue weighted by atomic mass is 10.3. The summed E-state index contributed by atoms with van der Waals surface area (Å²) in [6.07, 6.45) is 3.37. The van der Waals surface area contributed by atoms with Crippen LogP contribution in [0.2, 0.25) is 0 Å². The lowest BCUT2D eigenvalue weighted by molar-refractivity contribution is 0.276. The molecule has 72 valence electrons. The molecule has 0 saturated heterocycles. The van der Waals surface area contributed by atoms with E-state index in [1.165, 1.54) is 0 Å². The first kappa shape index (κ1) is 8.83. The van der Waals surface area contributed by atoms with Gasteiger partial charge in [0.25, 0.3) is 0 Å². The first-order valence-electron chi connectivity index (χ1n) is 4.25. The molecule has 0 saturated carbocycles. The van der Waals surface area contributed by atoms with Gasteiger partial charge in [0.15, 0.2) is 5.82 Å². The fourth-order valence-corrected chi connectivity index (χ4v) is 1.13. The van der Waals surface area contributed by atoms with E-state index < -0.39 is 0 Å². The van der Waals surface area contributed by atoms with Gasteiger partial charge in [-0.15, -0.1) is 5.10 Å². The highest BCUT2D eigenvalue weighted by Crippen LogP contribution is 2.05. The molecule has 2 rings (SSSR count). The Hall–Kier alpha value is -1.75. The molecule has 5 heteroatoms. The summed E-state index contributed by atoms with van der Waals surface area (Å²) in [4.78, 5) is 4.14. The summed E-state index contributed by atoms with van der Waals surface area (Å²) >= 11 is 0. The average molecular weight is 190 g/mol. The topological polar surface area (TPSA) is 63.8 Å². The monoisotopic (exact) mass is 190 g/mol. The maximum Gasteiger partial charge on any atom is 0.155 e. The van der Waals surface area contributed by atoms with E-state index in [0.29, 0.717) is 11.5 Å². The lowest BCUT2D eigenvalue weighted by Gasteiger charge is -1.98. The summed E-state index contributed by atoms with van der Waals surface area (Å²) < 4.78 is 1.54. The Kier molecular flexibility index (Phi) is 2.24. The summed E-state index contributed by atoms with van der Waals surface area (Å²) in [6, 6.07) is 3.81. The summed E-state index contributed by atoms with van der Waals surface area (Å²) in [5, 5.41) is 16.4. The molecule has 0 aliphatic carbocycles. The van der Waals surface area contributed by atoms with Gasteiger partial charge in [0, 0.05) is 6.20 Å². The number of aryl methyl sites for hydroxylation is 1. The van der Waals surface area contributed by atoms with Crippen LogP contribution in [-0.4, -0.2) is 25.1 Å². The second-order valence-corrected chi connectivity index (χ2v) is 3.00. The van der Waals surface area contributed by atoms with Crippen molar-refractivity contribution in [2.45, 2.75) is 13.5 Å². The van der Waals surface area contributed by atoms with Gasteiger partial charge in [0.05, 0.1) is 12.8 Å². The third-order valence-electron chi connectivity index (χ3n) is 1.84. The van der Waals surface area contributed by atoms with Crippen molar-refractivity contribution >= 4 is 0 Å². The number of hydrogen-bond acceptors (Lipinski definition) is 4. The van der Waals surface area contributed by atoms with E-state index >= 15 is 0 Å². The van der Waals surface area contributed by atoms with Gasteiger partial charge in [-0.2, -0.15) is 0 Å². The fourth-order valence-electron chi connectivity index (χ4n) is 1.13. The molecule has 0 amide bonds. The molecule has 0 fully saturated rings. The van der Waals surface area contributed by atoms with E-state index in [-0.39, 0.29) is 6.61 Å². The van der Waals surface area contributed by atoms with Gasteiger partial charge >= 0.3 is 0 Å². The number of aromatic nitrogens is 4. The van der Waals surface area contributed by atoms with Crippen molar-refractivity contribution in [1.29, 1.82) is 0 Å². The molecule has 0 radical (unpaired) electrons. The van der Waals surface area contributed by atoms with Crippen LogP contribution in [0.1, 0.15) is 11.3 Å². The maximum absolute atomic E-state index is 8.82. The SMILES string of the molecule is Cc1ccnc(-n2cc(CO)nn2)c1. The summed E-state index contributed by atoms with van der Waals surface area (Å²) in [7, 11) is 0. The molecule has 0 bridgehead atoms. The molecule has 0 spiro atoms. The van der Waals surface area contributed by atoms with E-state index in [4.69, 9.17) is 5.11 Å². The Morgan fingerprint density at radius 2 is 2.36 bits per heavy atom. The van der Waals surface area contributed by atoms with Crippen LogP contribution in [0.25, 0.3) is 5.82 Å². The van der Waals surface area contributed by atoms with Crippen molar-refractivity contribution in [3.05, 3.63) is 35.8 Å². The number of aliphatic hydroxyl groups is 1. The van der Waals surface area contributed by atoms with E-state index in [1.807, 2.05) is 19.1 Å². The van der Waals surface area contributed by atoms with Crippen molar-refractivity contribution in [2.75, 3.05) is 0 Å².